The largest absolute Gasteiger partial charge is 0.480 e. The fraction of sp³-hybridized carbons (Fsp3) is 0.818. The summed E-state index contributed by atoms with van der Waals surface area (Å²) in [6.45, 7) is 1.79. The number of rotatable bonds is 3. The molecule has 6 heteroatoms. The summed E-state index contributed by atoms with van der Waals surface area (Å²) in [7, 11) is 2.00. The van der Waals surface area contributed by atoms with Gasteiger partial charge in [0.15, 0.2) is 0 Å². The SMILES string of the molecule is CN1CCC(NC(=O)NC2(C(=O)O)CCC2)C1. The van der Waals surface area contributed by atoms with E-state index in [9.17, 15) is 9.59 Å². The summed E-state index contributed by atoms with van der Waals surface area (Å²) < 4.78 is 0. The number of carboxylic acid groups (broad SMARTS) is 1. The molecule has 6 nitrogen and oxygen atoms in total. The minimum absolute atomic E-state index is 0.130. The third-order valence-electron chi connectivity index (χ3n) is 3.70. The molecular formula is C11H19N3O3. The zero-order valence-corrected chi connectivity index (χ0v) is 10.0. The summed E-state index contributed by atoms with van der Waals surface area (Å²) in [6, 6.07) is -0.224. The Bertz CT molecular complexity index is 328. The molecular weight excluding hydrogens is 222 g/mol. The van der Waals surface area contributed by atoms with Crippen molar-refractivity contribution in [3.8, 4) is 0 Å². The highest BCUT2D eigenvalue weighted by Gasteiger charge is 2.45. The number of nitrogens with one attached hydrogen (secondary N) is 2. The van der Waals surface area contributed by atoms with E-state index < -0.39 is 11.5 Å². The number of likely N-dealkylation sites (N-methyl/N-ethyl adjacent to an activating group) is 1. The molecule has 2 fully saturated rings. The van der Waals surface area contributed by atoms with Gasteiger partial charge in [-0.05, 0) is 39.3 Å². The van der Waals surface area contributed by atoms with E-state index >= 15 is 0 Å². The third kappa shape index (κ3) is 2.52. The molecule has 1 aliphatic heterocycles. The number of carboxylic acids is 1. The number of hydrogen-bond acceptors (Lipinski definition) is 3. The van der Waals surface area contributed by atoms with Crippen LogP contribution in [0.25, 0.3) is 0 Å². The number of carbonyl (C=O) groups excluding carboxylic acids is 1. The highest BCUT2D eigenvalue weighted by atomic mass is 16.4. The first kappa shape index (κ1) is 12.2. The lowest BCUT2D eigenvalue weighted by Gasteiger charge is -2.38. The predicted octanol–water partition coefficient (Wildman–Crippen LogP) is -0.00300. The van der Waals surface area contributed by atoms with Crippen LogP contribution in [-0.4, -0.2) is 53.7 Å². The fourth-order valence-corrected chi connectivity index (χ4v) is 2.41. The number of nitrogens with zero attached hydrogens (tertiary/aromatic N) is 1. The van der Waals surface area contributed by atoms with E-state index in [0.717, 1.165) is 25.9 Å². The number of amides is 2. The van der Waals surface area contributed by atoms with Crippen LogP contribution in [0.3, 0.4) is 0 Å². The van der Waals surface area contributed by atoms with Gasteiger partial charge in [0.2, 0.25) is 0 Å². The van der Waals surface area contributed by atoms with Crippen LogP contribution in [0.2, 0.25) is 0 Å². The molecule has 0 spiro atoms. The molecule has 0 bridgehead atoms. The van der Waals surface area contributed by atoms with E-state index in [-0.39, 0.29) is 12.1 Å². The Labute approximate surface area is 100 Å². The Morgan fingerprint density at radius 3 is 2.53 bits per heavy atom. The minimum atomic E-state index is -1.02. The van der Waals surface area contributed by atoms with Gasteiger partial charge in [-0.25, -0.2) is 9.59 Å². The van der Waals surface area contributed by atoms with Gasteiger partial charge in [0.25, 0.3) is 0 Å². The Kier molecular flexibility index (Phi) is 3.24. The maximum absolute atomic E-state index is 11.7. The average molecular weight is 241 g/mol. The second kappa shape index (κ2) is 4.52. The van der Waals surface area contributed by atoms with E-state index in [1.807, 2.05) is 7.05 Å². The first-order valence-electron chi connectivity index (χ1n) is 6.02. The van der Waals surface area contributed by atoms with Crippen LogP contribution in [0.5, 0.6) is 0 Å². The molecule has 1 heterocycles. The van der Waals surface area contributed by atoms with Crippen LogP contribution < -0.4 is 10.6 Å². The first-order chi connectivity index (χ1) is 8.02. The Morgan fingerprint density at radius 1 is 1.41 bits per heavy atom. The highest BCUT2D eigenvalue weighted by Crippen LogP contribution is 2.31. The van der Waals surface area contributed by atoms with Crippen LogP contribution in [0, 0.1) is 0 Å². The third-order valence-corrected chi connectivity index (χ3v) is 3.70. The van der Waals surface area contributed by atoms with Crippen LogP contribution in [0.4, 0.5) is 4.79 Å². The molecule has 1 aliphatic carbocycles. The smallest absolute Gasteiger partial charge is 0.329 e. The van der Waals surface area contributed by atoms with Gasteiger partial charge >= 0.3 is 12.0 Å². The molecule has 96 valence electrons. The van der Waals surface area contributed by atoms with Crippen molar-refractivity contribution in [2.75, 3.05) is 20.1 Å². The van der Waals surface area contributed by atoms with E-state index in [4.69, 9.17) is 5.11 Å². The average Bonchev–Trinajstić information content (AvgIpc) is 2.57. The molecule has 1 saturated carbocycles. The quantitative estimate of drug-likeness (QED) is 0.649. The zero-order valence-electron chi connectivity index (χ0n) is 10.0. The van der Waals surface area contributed by atoms with Gasteiger partial charge in [0.1, 0.15) is 5.54 Å². The minimum Gasteiger partial charge on any atom is -0.480 e. The molecule has 1 unspecified atom stereocenters. The van der Waals surface area contributed by atoms with Gasteiger partial charge in [0, 0.05) is 12.6 Å². The molecule has 17 heavy (non-hydrogen) atoms. The number of urea groups is 1. The monoisotopic (exact) mass is 241 g/mol. The molecule has 0 aromatic rings. The summed E-state index contributed by atoms with van der Waals surface area (Å²) in [5.41, 5.74) is -1.02. The van der Waals surface area contributed by atoms with E-state index in [0.29, 0.717) is 12.8 Å². The molecule has 1 atom stereocenters. The highest BCUT2D eigenvalue weighted by molar-refractivity contribution is 5.87. The maximum Gasteiger partial charge on any atom is 0.329 e. The van der Waals surface area contributed by atoms with Crippen LogP contribution in [0.15, 0.2) is 0 Å². The van der Waals surface area contributed by atoms with Gasteiger partial charge in [-0.15, -0.1) is 0 Å². The van der Waals surface area contributed by atoms with Gasteiger partial charge in [0.05, 0.1) is 0 Å². The molecule has 0 aromatic carbocycles. The topological polar surface area (TPSA) is 81.7 Å². The second-order valence-electron chi connectivity index (χ2n) is 5.09. The number of likely N-dealkylation sites (tertiary alicyclic amines) is 1. The van der Waals surface area contributed by atoms with Gasteiger partial charge in [-0.1, -0.05) is 0 Å². The predicted molar refractivity (Wildman–Crippen MR) is 61.8 cm³/mol. The Hall–Kier alpha value is -1.30. The zero-order chi connectivity index (χ0) is 12.5. The maximum atomic E-state index is 11.7. The fourth-order valence-electron chi connectivity index (χ4n) is 2.41. The lowest BCUT2D eigenvalue weighted by Crippen LogP contribution is -2.62. The summed E-state index contributed by atoms with van der Waals surface area (Å²) in [6.07, 6.45) is 2.84. The van der Waals surface area contributed by atoms with Crippen molar-refractivity contribution in [2.24, 2.45) is 0 Å². The van der Waals surface area contributed by atoms with Crippen molar-refractivity contribution in [3.63, 3.8) is 0 Å². The molecule has 2 aliphatic rings. The van der Waals surface area contributed by atoms with Gasteiger partial charge in [-0.2, -0.15) is 0 Å². The Morgan fingerprint density at radius 2 is 2.12 bits per heavy atom. The normalized spacial score (nSPS) is 27.2. The van der Waals surface area contributed by atoms with Crippen molar-refractivity contribution in [1.29, 1.82) is 0 Å². The summed E-state index contributed by atoms with van der Waals surface area (Å²) >= 11 is 0. The summed E-state index contributed by atoms with van der Waals surface area (Å²) in [5, 5.41) is 14.5. The molecule has 0 aromatic heterocycles. The van der Waals surface area contributed by atoms with E-state index in [1.165, 1.54) is 0 Å². The number of carbonyl (C=O) groups is 2. The molecule has 3 N–H and O–H groups in total. The van der Waals surface area contributed by atoms with Crippen molar-refractivity contribution < 1.29 is 14.7 Å². The van der Waals surface area contributed by atoms with Crippen molar-refractivity contribution in [3.05, 3.63) is 0 Å². The van der Waals surface area contributed by atoms with Gasteiger partial charge in [-0.3, -0.25) is 0 Å². The van der Waals surface area contributed by atoms with Crippen molar-refractivity contribution >= 4 is 12.0 Å². The number of hydrogen-bond donors (Lipinski definition) is 3. The number of aliphatic carboxylic acids is 1. The molecule has 2 amide bonds. The Balaban J connectivity index is 1.82. The summed E-state index contributed by atoms with van der Waals surface area (Å²) in [5.74, 6) is -0.928. The van der Waals surface area contributed by atoms with Crippen LogP contribution >= 0.6 is 0 Å². The van der Waals surface area contributed by atoms with E-state index in [1.54, 1.807) is 0 Å². The van der Waals surface area contributed by atoms with E-state index in [2.05, 4.69) is 15.5 Å². The summed E-state index contributed by atoms with van der Waals surface area (Å²) in [4.78, 5) is 24.9. The first-order valence-corrected chi connectivity index (χ1v) is 6.02. The van der Waals surface area contributed by atoms with Gasteiger partial charge < -0.3 is 20.6 Å². The standard InChI is InChI=1S/C11H19N3O3/c1-14-6-3-8(7-14)12-10(17)13-11(9(15)16)4-2-5-11/h8H,2-7H2,1H3,(H,15,16)(H2,12,13,17). The van der Waals surface area contributed by atoms with Crippen molar-refractivity contribution in [2.45, 2.75) is 37.3 Å². The lowest BCUT2D eigenvalue weighted by molar-refractivity contribution is -0.148. The second-order valence-corrected chi connectivity index (χ2v) is 5.09. The molecule has 1 saturated heterocycles. The van der Waals surface area contributed by atoms with Crippen molar-refractivity contribution in [1.82, 2.24) is 15.5 Å². The molecule has 2 rings (SSSR count). The lowest BCUT2D eigenvalue weighted by atomic mass is 9.77. The van der Waals surface area contributed by atoms with Crippen LogP contribution in [-0.2, 0) is 4.79 Å². The molecule has 0 radical (unpaired) electrons. The van der Waals surface area contributed by atoms with Crippen LogP contribution in [0.1, 0.15) is 25.7 Å².